The van der Waals surface area contributed by atoms with Gasteiger partial charge < -0.3 is 9.64 Å². The van der Waals surface area contributed by atoms with Crippen LogP contribution < -0.4 is 0 Å². The van der Waals surface area contributed by atoms with Crippen LogP contribution in [-0.4, -0.2) is 59.6 Å². The summed E-state index contributed by atoms with van der Waals surface area (Å²) in [7, 11) is 1.37. The van der Waals surface area contributed by atoms with Gasteiger partial charge in [-0.3, -0.25) is 14.7 Å². The molecule has 6 nitrogen and oxygen atoms in total. The minimum atomic E-state index is -0.389. The van der Waals surface area contributed by atoms with E-state index in [-0.39, 0.29) is 18.0 Å². The van der Waals surface area contributed by atoms with Gasteiger partial charge in [-0.25, -0.2) is 4.79 Å². The maximum absolute atomic E-state index is 12.9. The van der Waals surface area contributed by atoms with Crippen LogP contribution in [0.4, 0.5) is 4.79 Å². The monoisotopic (exact) mass is 331 g/mol. The van der Waals surface area contributed by atoms with E-state index < -0.39 is 0 Å². The minimum Gasteiger partial charge on any atom is -0.453 e. The standard InChI is InChI=1S/C18H25N3O3/c1-24-18(23)21-11-3-2-4-16(21)17(22)20-12-7-15(8-13-20)14-5-9-19-10-6-14/h5-6,9-10,15-16H,2-4,7-8,11-13H2,1H3/t16-/m0/s1. The fraction of sp³-hybridized carbons (Fsp3) is 0.611. The molecule has 1 aromatic rings. The fourth-order valence-electron chi connectivity index (χ4n) is 3.80. The van der Waals surface area contributed by atoms with E-state index in [1.807, 2.05) is 17.3 Å². The number of carbonyl (C=O) groups is 2. The summed E-state index contributed by atoms with van der Waals surface area (Å²) in [6.45, 7) is 2.10. The van der Waals surface area contributed by atoms with Gasteiger partial charge in [0, 0.05) is 32.0 Å². The molecule has 2 saturated heterocycles. The molecule has 3 heterocycles. The number of methoxy groups -OCH3 is 1. The summed E-state index contributed by atoms with van der Waals surface area (Å²) in [6.07, 6.45) is 7.83. The summed E-state index contributed by atoms with van der Waals surface area (Å²) in [4.78, 5) is 32.4. The largest absolute Gasteiger partial charge is 0.453 e. The molecule has 0 radical (unpaired) electrons. The van der Waals surface area contributed by atoms with Gasteiger partial charge in [0.15, 0.2) is 0 Å². The molecule has 1 aromatic heterocycles. The Bertz CT molecular complexity index is 570. The molecule has 6 heteroatoms. The van der Waals surface area contributed by atoms with E-state index in [1.165, 1.54) is 12.7 Å². The zero-order chi connectivity index (χ0) is 16.9. The quantitative estimate of drug-likeness (QED) is 0.835. The Labute approximate surface area is 142 Å². The third-order valence-electron chi connectivity index (χ3n) is 5.18. The van der Waals surface area contributed by atoms with Gasteiger partial charge in [-0.2, -0.15) is 0 Å². The lowest BCUT2D eigenvalue weighted by atomic mass is 9.89. The maximum atomic E-state index is 12.9. The Morgan fingerprint density at radius 2 is 1.79 bits per heavy atom. The van der Waals surface area contributed by atoms with E-state index in [1.54, 1.807) is 4.90 Å². The molecular weight excluding hydrogens is 306 g/mol. The van der Waals surface area contributed by atoms with Crippen molar-refractivity contribution < 1.29 is 14.3 Å². The lowest BCUT2D eigenvalue weighted by Gasteiger charge is -2.39. The first-order valence-electron chi connectivity index (χ1n) is 8.74. The highest BCUT2D eigenvalue weighted by Gasteiger charge is 2.36. The Hall–Kier alpha value is -2.11. The summed E-state index contributed by atoms with van der Waals surface area (Å²) in [5, 5.41) is 0. The van der Waals surface area contributed by atoms with Gasteiger partial charge in [0.2, 0.25) is 5.91 Å². The summed E-state index contributed by atoms with van der Waals surface area (Å²) in [5.74, 6) is 0.563. The molecule has 1 atom stereocenters. The Kier molecular flexibility index (Phi) is 5.33. The zero-order valence-electron chi connectivity index (χ0n) is 14.2. The second-order valence-corrected chi connectivity index (χ2v) is 6.56. The van der Waals surface area contributed by atoms with Gasteiger partial charge in [0.05, 0.1) is 7.11 Å². The molecule has 3 rings (SSSR count). The highest BCUT2D eigenvalue weighted by molar-refractivity contribution is 5.86. The molecule has 0 bridgehead atoms. The predicted molar refractivity (Wildman–Crippen MR) is 89.5 cm³/mol. The highest BCUT2D eigenvalue weighted by Crippen LogP contribution is 2.29. The summed E-state index contributed by atoms with van der Waals surface area (Å²) >= 11 is 0. The molecule has 0 spiro atoms. The zero-order valence-corrected chi connectivity index (χ0v) is 14.2. The lowest BCUT2D eigenvalue weighted by molar-refractivity contribution is -0.138. The summed E-state index contributed by atoms with van der Waals surface area (Å²) < 4.78 is 4.84. The van der Waals surface area contributed by atoms with Crippen LogP contribution in [0.25, 0.3) is 0 Å². The fourth-order valence-corrected chi connectivity index (χ4v) is 3.80. The smallest absolute Gasteiger partial charge is 0.410 e. The van der Waals surface area contributed by atoms with Crippen LogP contribution in [0.3, 0.4) is 0 Å². The van der Waals surface area contributed by atoms with Crippen LogP contribution in [-0.2, 0) is 9.53 Å². The topological polar surface area (TPSA) is 62.7 Å². The van der Waals surface area contributed by atoms with E-state index in [0.717, 1.165) is 45.2 Å². The number of piperidine rings is 2. The van der Waals surface area contributed by atoms with E-state index in [4.69, 9.17) is 4.74 Å². The first-order chi connectivity index (χ1) is 11.7. The molecule has 0 unspecified atom stereocenters. The van der Waals surface area contributed by atoms with Crippen molar-refractivity contribution in [1.29, 1.82) is 0 Å². The van der Waals surface area contributed by atoms with E-state index in [2.05, 4.69) is 17.1 Å². The Morgan fingerprint density at radius 1 is 1.08 bits per heavy atom. The van der Waals surface area contributed by atoms with Crippen molar-refractivity contribution in [3.8, 4) is 0 Å². The van der Waals surface area contributed by atoms with Gasteiger partial charge in [-0.05, 0) is 55.7 Å². The number of nitrogens with zero attached hydrogens (tertiary/aromatic N) is 3. The number of aromatic nitrogens is 1. The van der Waals surface area contributed by atoms with Crippen molar-refractivity contribution in [2.75, 3.05) is 26.7 Å². The molecule has 24 heavy (non-hydrogen) atoms. The molecule has 2 fully saturated rings. The predicted octanol–water partition coefficient (Wildman–Crippen LogP) is 2.41. The van der Waals surface area contributed by atoms with Gasteiger partial charge >= 0.3 is 6.09 Å². The van der Waals surface area contributed by atoms with Crippen LogP contribution >= 0.6 is 0 Å². The molecule has 2 aliphatic heterocycles. The molecule has 0 aromatic carbocycles. The second kappa shape index (κ2) is 7.64. The van der Waals surface area contributed by atoms with Crippen LogP contribution in [0, 0.1) is 0 Å². The number of rotatable bonds is 2. The summed E-state index contributed by atoms with van der Waals surface area (Å²) in [6, 6.07) is 3.76. The molecule has 2 aliphatic rings. The third kappa shape index (κ3) is 3.52. The number of hydrogen-bond donors (Lipinski definition) is 0. The second-order valence-electron chi connectivity index (χ2n) is 6.56. The van der Waals surface area contributed by atoms with Crippen molar-refractivity contribution in [1.82, 2.24) is 14.8 Å². The molecule has 130 valence electrons. The molecule has 0 aliphatic carbocycles. The first-order valence-corrected chi connectivity index (χ1v) is 8.74. The van der Waals surface area contributed by atoms with Crippen molar-refractivity contribution in [2.24, 2.45) is 0 Å². The lowest BCUT2D eigenvalue weighted by Crippen LogP contribution is -2.54. The number of amides is 2. The van der Waals surface area contributed by atoms with Crippen LogP contribution in [0.1, 0.15) is 43.6 Å². The van der Waals surface area contributed by atoms with Gasteiger partial charge in [0.1, 0.15) is 6.04 Å². The average molecular weight is 331 g/mol. The molecular formula is C18H25N3O3. The van der Waals surface area contributed by atoms with Crippen LogP contribution in [0.5, 0.6) is 0 Å². The van der Waals surface area contributed by atoms with Gasteiger partial charge in [0.25, 0.3) is 0 Å². The van der Waals surface area contributed by atoms with E-state index in [0.29, 0.717) is 12.5 Å². The summed E-state index contributed by atoms with van der Waals surface area (Å²) in [5.41, 5.74) is 1.30. The minimum absolute atomic E-state index is 0.0771. The van der Waals surface area contributed by atoms with Gasteiger partial charge in [-0.1, -0.05) is 0 Å². The van der Waals surface area contributed by atoms with Crippen molar-refractivity contribution in [2.45, 2.75) is 44.1 Å². The van der Waals surface area contributed by atoms with E-state index >= 15 is 0 Å². The third-order valence-corrected chi connectivity index (χ3v) is 5.18. The van der Waals surface area contributed by atoms with Crippen molar-refractivity contribution >= 4 is 12.0 Å². The van der Waals surface area contributed by atoms with Gasteiger partial charge in [-0.15, -0.1) is 0 Å². The number of likely N-dealkylation sites (tertiary alicyclic amines) is 2. The number of ether oxygens (including phenoxy) is 1. The van der Waals surface area contributed by atoms with Crippen LogP contribution in [0.2, 0.25) is 0 Å². The molecule has 0 saturated carbocycles. The number of pyridine rings is 1. The maximum Gasteiger partial charge on any atom is 0.410 e. The average Bonchev–Trinajstić information content (AvgIpc) is 2.67. The first kappa shape index (κ1) is 16.7. The highest BCUT2D eigenvalue weighted by atomic mass is 16.5. The Morgan fingerprint density at radius 3 is 2.46 bits per heavy atom. The number of hydrogen-bond acceptors (Lipinski definition) is 4. The molecule has 0 N–H and O–H groups in total. The normalized spacial score (nSPS) is 22.3. The Balaban J connectivity index is 1.61. The van der Waals surface area contributed by atoms with Crippen molar-refractivity contribution in [3.05, 3.63) is 30.1 Å². The SMILES string of the molecule is COC(=O)N1CCCC[C@H]1C(=O)N1CCC(c2ccncc2)CC1. The van der Waals surface area contributed by atoms with Crippen LogP contribution in [0.15, 0.2) is 24.5 Å². The number of carbonyl (C=O) groups excluding carboxylic acids is 2. The molecule has 2 amide bonds. The van der Waals surface area contributed by atoms with E-state index in [9.17, 15) is 9.59 Å². The van der Waals surface area contributed by atoms with Crippen molar-refractivity contribution in [3.63, 3.8) is 0 Å².